The van der Waals surface area contributed by atoms with Crippen molar-refractivity contribution in [3.8, 4) is 0 Å². The van der Waals surface area contributed by atoms with E-state index in [0.717, 1.165) is 0 Å². The summed E-state index contributed by atoms with van der Waals surface area (Å²) in [6.45, 7) is 0. The number of carbonyl (C=O) groups excluding carboxylic acids is 1. The normalized spacial score (nSPS) is 8.45. The molecule has 0 saturated carbocycles. The van der Waals surface area contributed by atoms with Crippen LogP contribution in [0.4, 0.5) is 0 Å². The second kappa shape index (κ2) is 4.49. The number of halogens is 1. The maximum atomic E-state index is 10.1. The molecule has 1 aromatic rings. The number of carboxylic acids is 1. The molecule has 6 heteroatoms. The third kappa shape index (κ3) is 3.02. The quantitative estimate of drug-likeness (QED) is 0.452. The molecule has 0 fully saturated rings. The summed E-state index contributed by atoms with van der Waals surface area (Å²) < 4.78 is 0.571. The van der Waals surface area contributed by atoms with Crippen molar-refractivity contribution in [2.75, 3.05) is 0 Å². The predicted molar refractivity (Wildman–Crippen MR) is 34.1 cm³/mol. The molecule has 0 aliphatic carbocycles. The summed E-state index contributed by atoms with van der Waals surface area (Å²) in [6, 6.07) is 1.32. The molecule has 0 radical (unpaired) electrons. The first-order chi connectivity index (χ1) is 4.70. The van der Waals surface area contributed by atoms with E-state index in [9.17, 15) is 9.90 Å². The van der Waals surface area contributed by atoms with Gasteiger partial charge in [-0.05, 0) is 22.0 Å². The largest absolute Gasteiger partial charge is 1.00 e. The van der Waals surface area contributed by atoms with E-state index in [1.54, 1.807) is 0 Å². The Bertz CT molecular complexity index is 268. The molecule has 0 amide bonds. The van der Waals surface area contributed by atoms with Crippen LogP contribution in [0.3, 0.4) is 0 Å². The first kappa shape index (κ1) is 10.6. The van der Waals surface area contributed by atoms with Crippen LogP contribution >= 0.6 is 15.9 Å². The Kier molecular flexibility index (Phi) is 4.34. The van der Waals surface area contributed by atoms with Gasteiger partial charge in [0.05, 0.1) is 12.2 Å². The molecular formula is C5H2BrLiN2O2. The molecular weight excluding hydrogens is 207 g/mol. The van der Waals surface area contributed by atoms with Crippen molar-refractivity contribution < 1.29 is 28.8 Å². The monoisotopic (exact) mass is 208 g/mol. The van der Waals surface area contributed by atoms with Crippen molar-refractivity contribution in [3.05, 3.63) is 22.4 Å². The molecule has 0 aliphatic rings. The van der Waals surface area contributed by atoms with E-state index in [0.29, 0.717) is 4.47 Å². The van der Waals surface area contributed by atoms with Gasteiger partial charge in [0.2, 0.25) is 0 Å². The molecule has 1 aromatic heterocycles. The number of rotatable bonds is 1. The zero-order valence-corrected chi connectivity index (χ0v) is 7.33. The van der Waals surface area contributed by atoms with E-state index >= 15 is 0 Å². The van der Waals surface area contributed by atoms with Gasteiger partial charge in [0.25, 0.3) is 0 Å². The molecule has 1 rings (SSSR count). The van der Waals surface area contributed by atoms with Crippen molar-refractivity contribution >= 4 is 21.9 Å². The topological polar surface area (TPSA) is 65.9 Å². The van der Waals surface area contributed by atoms with E-state index in [1.807, 2.05) is 0 Å². The molecule has 52 valence electrons. The minimum absolute atomic E-state index is 0. The van der Waals surface area contributed by atoms with Gasteiger partial charge in [-0.2, -0.15) is 5.10 Å². The number of nitrogens with zero attached hydrogens (tertiary/aromatic N) is 2. The smallest absolute Gasteiger partial charge is 0.543 e. The second-order valence-corrected chi connectivity index (χ2v) is 2.46. The Morgan fingerprint density at radius 2 is 2.27 bits per heavy atom. The van der Waals surface area contributed by atoms with Gasteiger partial charge in [-0.15, -0.1) is 5.10 Å². The fourth-order valence-corrected chi connectivity index (χ4v) is 0.751. The Morgan fingerprint density at radius 1 is 1.64 bits per heavy atom. The Balaban J connectivity index is 0.000001000. The van der Waals surface area contributed by atoms with Crippen molar-refractivity contribution in [2.45, 2.75) is 0 Å². The van der Waals surface area contributed by atoms with Crippen LogP contribution in [0.15, 0.2) is 16.7 Å². The van der Waals surface area contributed by atoms with E-state index in [4.69, 9.17) is 0 Å². The van der Waals surface area contributed by atoms with Gasteiger partial charge >= 0.3 is 18.9 Å². The van der Waals surface area contributed by atoms with Crippen LogP contribution in [-0.4, -0.2) is 16.2 Å². The maximum Gasteiger partial charge on any atom is 1.00 e. The third-order valence-corrected chi connectivity index (χ3v) is 1.26. The van der Waals surface area contributed by atoms with Gasteiger partial charge in [-0.3, -0.25) is 0 Å². The van der Waals surface area contributed by atoms with E-state index in [-0.39, 0.29) is 24.6 Å². The van der Waals surface area contributed by atoms with Crippen molar-refractivity contribution in [2.24, 2.45) is 0 Å². The first-order valence-corrected chi connectivity index (χ1v) is 3.19. The minimum Gasteiger partial charge on any atom is -0.543 e. The van der Waals surface area contributed by atoms with E-state index in [2.05, 4.69) is 26.1 Å². The second-order valence-electron chi connectivity index (χ2n) is 1.55. The van der Waals surface area contributed by atoms with Crippen LogP contribution in [-0.2, 0) is 0 Å². The maximum absolute atomic E-state index is 10.1. The number of hydrogen-bond acceptors (Lipinski definition) is 4. The van der Waals surface area contributed by atoms with Crippen LogP contribution < -0.4 is 24.0 Å². The third-order valence-electron chi connectivity index (χ3n) is 0.830. The van der Waals surface area contributed by atoms with Crippen molar-refractivity contribution in [1.29, 1.82) is 0 Å². The standard InChI is InChI=1S/C5H3BrN2O2.Li/c6-3-1-4(5(9)10)8-7-2-3;/h1-2H,(H,9,10);/q;+1/p-1. The van der Waals surface area contributed by atoms with Gasteiger partial charge < -0.3 is 9.90 Å². The fraction of sp³-hybridized carbons (Fsp3) is 0. The van der Waals surface area contributed by atoms with Crippen LogP contribution in [0.1, 0.15) is 10.5 Å². The molecule has 0 bridgehead atoms. The molecule has 0 aliphatic heterocycles. The van der Waals surface area contributed by atoms with Gasteiger partial charge in [0, 0.05) is 4.47 Å². The summed E-state index contributed by atoms with van der Waals surface area (Å²) in [4.78, 5) is 10.1. The summed E-state index contributed by atoms with van der Waals surface area (Å²) in [5, 5.41) is 16.8. The van der Waals surface area contributed by atoms with Crippen LogP contribution in [0.2, 0.25) is 0 Å². The predicted octanol–water partition coefficient (Wildman–Crippen LogP) is -3.39. The van der Waals surface area contributed by atoms with Crippen LogP contribution in [0.5, 0.6) is 0 Å². The zero-order valence-electron chi connectivity index (χ0n) is 5.74. The number of carboxylic acid groups (broad SMARTS) is 1. The molecule has 0 spiro atoms. The molecule has 0 N–H and O–H groups in total. The fourth-order valence-electron chi connectivity index (χ4n) is 0.443. The molecule has 0 unspecified atom stereocenters. The Hall–Kier alpha value is -0.373. The Morgan fingerprint density at radius 3 is 2.64 bits per heavy atom. The zero-order chi connectivity index (χ0) is 7.56. The molecule has 11 heavy (non-hydrogen) atoms. The number of aromatic carboxylic acids is 1. The molecule has 1 heterocycles. The summed E-state index contributed by atoms with van der Waals surface area (Å²) in [7, 11) is 0. The van der Waals surface area contributed by atoms with Crippen LogP contribution in [0.25, 0.3) is 0 Å². The summed E-state index contributed by atoms with van der Waals surface area (Å²) in [6.07, 6.45) is 1.40. The Labute approximate surface area is 83.3 Å². The van der Waals surface area contributed by atoms with Gasteiger partial charge in [-0.1, -0.05) is 0 Å². The van der Waals surface area contributed by atoms with Crippen molar-refractivity contribution in [3.63, 3.8) is 0 Å². The van der Waals surface area contributed by atoms with E-state index < -0.39 is 5.97 Å². The minimum atomic E-state index is -1.33. The van der Waals surface area contributed by atoms with Gasteiger partial charge in [-0.25, -0.2) is 0 Å². The molecule has 0 atom stereocenters. The number of carbonyl (C=O) groups is 1. The molecule has 4 nitrogen and oxygen atoms in total. The average molecular weight is 209 g/mol. The van der Waals surface area contributed by atoms with Crippen molar-refractivity contribution in [1.82, 2.24) is 10.2 Å². The molecule has 0 saturated heterocycles. The summed E-state index contributed by atoms with van der Waals surface area (Å²) in [5.41, 5.74) is -0.172. The molecule has 0 aromatic carbocycles. The average Bonchev–Trinajstić information content (AvgIpc) is 1.88. The summed E-state index contributed by atoms with van der Waals surface area (Å²) in [5.74, 6) is -1.33. The van der Waals surface area contributed by atoms with Crippen LogP contribution in [0, 0.1) is 0 Å². The summed E-state index contributed by atoms with van der Waals surface area (Å²) >= 11 is 3.04. The van der Waals surface area contributed by atoms with Gasteiger partial charge in [0.15, 0.2) is 0 Å². The first-order valence-electron chi connectivity index (χ1n) is 2.40. The van der Waals surface area contributed by atoms with E-state index in [1.165, 1.54) is 12.3 Å². The number of hydrogen-bond donors (Lipinski definition) is 0. The SMILES string of the molecule is O=C([O-])c1cc(Br)cnn1.[Li+]. The van der Waals surface area contributed by atoms with Gasteiger partial charge in [0.1, 0.15) is 5.69 Å². The number of aromatic nitrogens is 2.